The summed E-state index contributed by atoms with van der Waals surface area (Å²) in [5, 5.41) is 3.85. The summed E-state index contributed by atoms with van der Waals surface area (Å²) < 4.78 is 0. The summed E-state index contributed by atoms with van der Waals surface area (Å²) in [6, 6.07) is 1.66. The molecule has 0 aromatic rings. The minimum absolute atomic E-state index is 0.829. The molecule has 1 aliphatic heterocycles. The van der Waals surface area contributed by atoms with Crippen molar-refractivity contribution in [3.63, 3.8) is 0 Å². The van der Waals surface area contributed by atoms with Gasteiger partial charge >= 0.3 is 0 Å². The number of hydrogen-bond acceptors (Lipinski definition) is 2. The zero-order valence-electron chi connectivity index (χ0n) is 8.59. The average Bonchev–Trinajstić information content (AvgIpc) is 2.61. The van der Waals surface area contributed by atoms with Crippen LogP contribution in [0.5, 0.6) is 0 Å². The normalized spacial score (nSPS) is 40.8. The Hall–Kier alpha value is 0.310. The third-order valence-corrected chi connectivity index (χ3v) is 4.65. The highest BCUT2D eigenvalue weighted by Gasteiger charge is 2.25. The molecule has 13 heavy (non-hydrogen) atoms. The minimum atomic E-state index is 0.829. The molecule has 1 saturated carbocycles. The molecule has 1 saturated heterocycles. The van der Waals surface area contributed by atoms with Crippen molar-refractivity contribution in [1.29, 1.82) is 0 Å². The third kappa shape index (κ3) is 2.63. The Kier molecular flexibility index (Phi) is 3.56. The van der Waals surface area contributed by atoms with Gasteiger partial charge in [0, 0.05) is 17.8 Å². The molecule has 1 aliphatic carbocycles. The Morgan fingerprint density at radius 2 is 2.00 bits per heavy atom. The maximum Gasteiger partial charge on any atom is 0.0168 e. The maximum absolute atomic E-state index is 3.85. The van der Waals surface area contributed by atoms with Crippen molar-refractivity contribution >= 4 is 11.8 Å². The van der Waals surface area contributed by atoms with Crippen LogP contribution in [-0.2, 0) is 0 Å². The second-order valence-electron chi connectivity index (χ2n) is 4.60. The molecule has 76 valence electrons. The summed E-state index contributed by atoms with van der Waals surface area (Å²) in [6.07, 6.45) is 7.16. The van der Waals surface area contributed by atoms with E-state index >= 15 is 0 Å². The Morgan fingerprint density at radius 3 is 2.69 bits per heavy atom. The molecule has 0 bridgehead atoms. The van der Waals surface area contributed by atoms with Gasteiger partial charge in [0.1, 0.15) is 0 Å². The van der Waals surface area contributed by atoms with Crippen molar-refractivity contribution in [3.8, 4) is 0 Å². The molecule has 0 amide bonds. The molecule has 1 heterocycles. The minimum Gasteiger partial charge on any atom is -0.310 e. The van der Waals surface area contributed by atoms with Gasteiger partial charge < -0.3 is 5.32 Å². The van der Waals surface area contributed by atoms with Gasteiger partial charge in [0.25, 0.3) is 0 Å². The van der Waals surface area contributed by atoms with Crippen LogP contribution < -0.4 is 5.32 Å². The van der Waals surface area contributed by atoms with Crippen LogP contribution in [0.3, 0.4) is 0 Å². The lowest BCUT2D eigenvalue weighted by Gasteiger charge is -2.31. The largest absolute Gasteiger partial charge is 0.310 e. The average molecular weight is 199 g/mol. The Balaban J connectivity index is 1.78. The SMILES string of the molecule is C[C@@H]1CCCC[C@@H]1N[C@@H]1CCSC1. The van der Waals surface area contributed by atoms with E-state index in [1.54, 1.807) is 0 Å². The molecule has 2 aliphatic rings. The summed E-state index contributed by atoms with van der Waals surface area (Å²) >= 11 is 2.11. The zero-order valence-corrected chi connectivity index (χ0v) is 9.41. The zero-order chi connectivity index (χ0) is 9.10. The van der Waals surface area contributed by atoms with Gasteiger partial charge in [0.05, 0.1) is 0 Å². The molecule has 1 nitrogen and oxygen atoms in total. The van der Waals surface area contributed by atoms with Crippen molar-refractivity contribution in [2.45, 2.75) is 51.1 Å². The predicted molar refractivity (Wildman–Crippen MR) is 60.3 cm³/mol. The third-order valence-electron chi connectivity index (χ3n) is 3.49. The van der Waals surface area contributed by atoms with Crippen molar-refractivity contribution < 1.29 is 0 Å². The van der Waals surface area contributed by atoms with Gasteiger partial charge in [0.2, 0.25) is 0 Å². The molecule has 0 aromatic heterocycles. The molecular weight excluding hydrogens is 178 g/mol. The van der Waals surface area contributed by atoms with Gasteiger partial charge in [-0.3, -0.25) is 0 Å². The van der Waals surface area contributed by atoms with E-state index < -0.39 is 0 Å². The molecule has 0 radical (unpaired) electrons. The molecule has 2 heteroatoms. The molecular formula is C11H21NS. The number of rotatable bonds is 2. The van der Waals surface area contributed by atoms with Gasteiger partial charge in [-0.1, -0.05) is 19.8 Å². The lowest BCUT2D eigenvalue weighted by atomic mass is 9.85. The van der Waals surface area contributed by atoms with Crippen molar-refractivity contribution in [1.82, 2.24) is 5.32 Å². The first-order chi connectivity index (χ1) is 6.36. The van der Waals surface area contributed by atoms with E-state index in [2.05, 4.69) is 24.0 Å². The van der Waals surface area contributed by atoms with Crippen LogP contribution in [0, 0.1) is 5.92 Å². The maximum atomic E-state index is 3.85. The fourth-order valence-electron chi connectivity index (χ4n) is 2.53. The lowest BCUT2D eigenvalue weighted by molar-refractivity contribution is 0.264. The highest BCUT2D eigenvalue weighted by atomic mass is 32.2. The van der Waals surface area contributed by atoms with Crippen molar-refractivity contribution in [3.05, 3.63) is 0 Å². The summed E-state index contributed by atoms with van der Waals surface area (Å²) in [7, 11) is 0. The van der Waals surface area contributed by atoms with Crippen LogP contribution in [0.2, 0.25) is 0 Å². The van der Waals surface area contributed by atoms with E-state index in [0.717, 1.165) is 18.0 Å². The van der Waals surface area contributed by atoms with Crippen molar-refractivity contribution in [2.24, 2.45) is 5.92 Å². The quantitative estimate of drug-likeness (QED) is 0.734. The Bertz CT molecular complexity index is 154. The summed E-state index contributed by atoms with van der Waals surface area (Å²) in [5.41, 5.74) is 0. The van der Waals surface area contributed by atoms with Crippen LogP contribution in [0.1, 0.15) is 39.0 Å². The summed E-state index contributed by atoms with van der Waals surface area (Å²) in [4.78, 5) is 0. The van der Waals surface area contributed by atoms with E-state index in [9.17, 15) is 0 Å². The Morgan fingerprint density at radius 1 is 1.15 bits per heavy atom. The fraction of sp³-hybridized carbons (Fsp3) is 1.00. The summed E-state index contributed by atoms with van der Waals surface area (Å²) in [6.45, 7) is 2.42. The first-order valence-corrected chi connectivity index (χ1v) is 6.85. The smallest absolute Gasteiger partial charge is 0.0168 e. The molecule has 0 aromatic carbocycles. The highest BCUT2D eigenvalue weighted by Crippen LogP contribution is 2.26. The highest BCUT2D eigenvalue weighted by molar-refractivity contribution is 7.99. The van der Waals surface area contributed by atoms with E-state index in [1.807, 2.05) is 0 Å². The number of hydrogen-bond donors (Lipinski definition) is 1. The summed E-state index contributed by atoms with van der Waals surface area (Å²) in [5.74, 6) is 3.64. The van der Waals surface area contributed by atoms with E-state index in [1.165, 1.54) is 43.6 Å². The van der Waals surface area contributed by atoms with E-state index in [0.29, 0.717) is 0 Å². The molecule has 3 atom stereocenters. The topological polar surface area (TPSA) is 12.0 Å². The molecule has 2 fully saturated rings. The number of thioether (sulfide) groups is 1. The first kappa shape index (κ1) is 9.85. The van der Waals surface area contributed by atoms with Crippen LogP contribution in [0.4, 0.5) is 0 Å². The van der Waals surface area contributed by atoms with E-state index in [-0.39, 0.29) is 0 Å². The number of nitrogens with one attached hydrogen (secondary N) is 1. The molecule has 1 N–H and O–H groups in total. The predicted octanol–water partition coefficient (Wildman–Crippen LogP) is 2.66. The van der Waals surface area contributed by atoms with Crippen LogP contribution in [0.25, 0.3) is 0 Å². The van der Waals surface area contributed by atoms with Crippen molar-refractivity contribution in [2.75, 3.05) is 11.5 Å². The molecule has 2 rings (SSSR count). The lowest BCUT2D eigenvalue weighted by Crippen LogP contribution is -2.43. The van der Waals surface area contributed by atoms with Crippen LogP contribution in [-0.4, -0.2) is 23.6 Å². The van der Waals surface area contributed by atoms with Crippen LogP contribution >= 0.6 is 11.8 Å². The molecule has 0 unspecified atom stereocenters. The second kappa shape index (κ2) is 4.70. The van der Waals surface area contributed by atoms with E-state index in [4.69, 9.17) is 0 Å². The monoisotopic (exact) mass is 199 g/mol. The van der Waals surface area contributed by atoms with Gasteiger partial charge in [-0.05, 0) is 30.9 Å². The Labute approximate surface area is 86.0 Å². The van der Waals surface area contributed by atoms with Crippen LogP contribution in [0.15, 0.2) is 0 Å². The molecule has 0 spiro atoms. The van der Waals surface area contributed by atoms with Gasteiger partial charge in [-0.15, -0.1) is 0 Å². The first-order valence-electron chi connectivity index (χ1n) is 5.70. The standard InChI is InChI=1S/C11H21NS/c1-9-4-2-3-5-11(9)12-10-6-7-13-8-10/h9-12H,2-8H2,1H3/t9-,10-,11+/m1/s1. The van der Waals surface area contributed by atoms with Gasteiger partial charge in [-0.2, -0.15) is 11.8 Å². The second-order valence-corrected chi connectivity index (χ2v) is 5.75. The van der Waals surface area contributed by atoms with Gasteiger partial charge in [0.15, 0.2) is 0 Å². The fourth-order valence-corrected chi connectivity index (χ4v) is 3.70. The van der Waals surface area contributed by atoms with Gasteiger partial charge in [-0.25, -0.2) is 0 Å².